The van der Waals surface area contributed by atoms with Crippen molar-refractivity contribution in [2.24, 2.45) is 0 Å². The van der Waals surface area contributed by atoms with Crippen LogP contribution >= 0.6 is 15.9 Å². The van der Waals surface area contributed by atoms with Crippen LogP contribution in [-0.4, -0.2) is 30.9 Å². The summed E-state index contributed by atoms with van der Waals surface area (Å²) in [6.07, 6.45) is 2.14. The highest BCUT2D eigenvalue weighted by Gasteiger charge is 2.02. The Hall–Kier alpha value is -0.840. The Bertz CT molecular complexity index is 495. The van der Waals surface area contributed by atoms with Crippen LogP contribution in [0.5, 0.6) is 0 Å². The van der Waals surface area contributed by atoms with Crippen molar-refractivity contribution in [2.75, 3.05) is 26.3 Å². The van der Waals surface area contributed by atoms with Crippen LogP contribution in [0.15, 0.2) is 34.9 Å². The first kappa shape index (κ1) is 13.6. The lowest BCUT2D eigenvalue weighted by Gasteiger charge is -2.07. The second-order valence-electron chi connectivity index (χ2n) is 4.13. The second-order valence-corrected chi connectivity index (χ2v) is 4.98. The van der Waals surface area contributed by atoms with Gasteiger partial charge in [0.15, 0.2) is 0 Å². The molecule has 0 aliphatic carbocycles. The number of aromatic nitrogens is 1. The van der Waals surface area contributed by atoms with E-state index in [0.29, 0.717) is 0 Å². The molecule has 0 fully saturated rings. The van der Waals surface area contributed by atoms with Gasteiger partial charge in [0.2, 0.25) is 0 Å². The molecule has 1 heterocycles. The van der Waals surface area contributed by atoms with Gasteiger partial charge in [-0.05, 0) is 25.1 Å². The molecule has 2 rings (SSSR count). The molecule has 0 amide bonds. The minimum Gasteiger partial charge on any atom is -0.380 e. The van der Waals surface area contributed by atoms with Crippen molar-refractivity contribution in [3.63, 3.8) is 0 Å². The monoisotopic (exact) mass is 310 g/mol. The highest BCUT2D eigenvalue weighted by Crippen LogP contribution is 2.24. The highest BCUT2D eigenvalue weighted by molar-refractivity contribution is 9.10. The molecule has 1 aromatic carbocycles. The molecule has 0 saturated carbocycles. The number of benzene rings is 1. The predicted molar refractivity (Wildman–Crippen MR) is 79.0 cm³/mol. The Morgan fingerprint density at radius 3 is 3.00 bits per heavy atom. The molecule has 18 heavy (non-hydrogen) atoms. The Morgan fingerprint density at radius 2 is 2.17 bits per heavy atom. The molecule has 98 valence electrons. The molecule has 0 saturated heterocycles. The fourth-order valence-corrected chi connectivity index (χ4v) is 2.48. The van der Waals surface area contributed by atoms with E-state index < -0.39 is 0 Å². The molecule has 3 nitrogen and oxygen atoms in total. The average Bonchev–Trinajstić information content (AvgIpc) is 2.79. The molecule has 0 radical (unpaired) electrons. The van der Waals surface area contributed by atoms with Crippen molar-refractivity contribution >= 4 is 26.8 Å². The number of rotatable bonds is 7. The summed E-state index contributed by atoms with van der Waals surface area (Å²) in [5.74, 6) is 0. The maximum atomic E-state index is 5.28. The molecule has 0 bridgehead atoms. The van der Waals surface area contributed by atoms with Crippen LogP contribution < -0.4 is 5.32 Å². The summed E-state index contributed by atoms with van der Waals surface area (Å²) in [5.41, 5.74) is 1.27. The van der Waals surface area contributed by atoms with Gasteiger partial charge >= 0.3 is 0 Å². The van der Waals surface area contributed by atoms with Crippen LogP contribution in [0, 0.1) is 0 Å². The third kappa shape index (κ3) is 3.34. The van der Waals surface area contributed by atoms with E-state index in [4.69, 9.17) is 4.74 Å². The lowest BCUT2D eigenvalue weighted by molar-refractivity contribution is 0.149. The van der Waals surface area contributed by atoms with Crippen molar-refractivity contribution < 1.29 is 4.74 Å². The van der Waals surface area contributed by atoms with Crippen LogP contribution in [0.4, 0.5) is 0 Å². The number of hydrogen-bond acceptors (Lipinski definition) is 2. The SMILES string of the molecule is CCOCCNCCn1ccc2c(Br)cccc21. The normalized spacial score (nSPS) is 11.2. The summed E-state index contributed by atoms with van der Waals surface area (Å²) < 4.78 is 8.71. The van der Waals surface area contributed by atoms with E-state index in [1.54, 1.807) is 0 Å². The highest BCUT2D eigenvalue weighted by atomic mass is 79.9. The number of halogens is 1. The van der Waals surface area contributed by atoms with Crippen molar-refractivity contribution in [3.05, 3.63) is 34.9 Å². The molecule has 1 aromatic heterocycles. The summed E-state index contributed by atoms with van der Waals surface area (Å²) >= 11 is 3.57. The molecule has 0 spiro atoms. The summed E-state index contributed by atoms with van der Waals surface area (Å²) in [6.45, 7) is 6.45. The Kier molecular flexibility index (Phi) is 5.23. The summed E-state index contributed by atoms with van der Waals surface area (Å²) in [4.78, 5) is 0. The van der Waals surface area contributed by atoms with Crippen molar-refractivity contribution in [1.29, 1.82) is 0 Å². The van der Waals surface area contributed by atoms with Crippen LogP contribution in [0.1, 0.15) is 6.92 Å². The van der Waals surface area contributed by atoms with Gasteiger partial charge in [-0.3, -0.25) is 0 Å². The van der Waals surface area contributed by atoms with Gasteiger partial charge in [0.1, 0.15) is 0 Å². The van der Waals surface area contributed by atoms with Crippen LogP contribution in [0.25, 0.3) is 10.9 Å². The van der Waals surface area contributed by atoms with Gasteiger partial charge < -0.3 is 14.6 Å². The number of nitrogens with zero attached hydrogens (tertiary/aromatic N) is 1. The molecule has 0 aliphatic rings. The van der Waals surface area contributed by atoms with Crippen LogP contribution in [0.3, 0.4) is 0 Å². The molecular formula is C14H19BrN2O. The lowest BCUT2D eigenvalue weighted by atomic mass is 10.2. The number of fused-ring (bicyclic) bond motifs is 1. The summed E-state index contributed by atoms with van der Waals surface area (Å²) in [7, 11) is 0. The van der Waals surface area contributed by atoms with E-state index in [9.17, 15) is 0 Å². The predicted octanol–water partition coefficient (Wildman–Crippen LogP) is 3.03. The fraction of sp³-hybridized carbons (Fsp3) is 0.429. The van der Waals surface area contributed by atoms with E-state index >= 15 is 0 Å². The number of ether oxygens (including phenoxy) is 1. The van der Waals surface area contributed by atoms with Crippen molar-refractivity contribution in [1.82, 2.24) is 9.88 Å². The molecule has 2 aromatic rings. The molecule has 0 atom stereocenters. The summed E-state index contributed by atoms with van der Waals surface area (Å²) in [6, 6.07) is 8.46. The van der Waals surface area contributed by atoms with E-state index in [1.165, 1.54) is 10.9 Å². The van der Waals surface area contributed by atoms with E-state index in [-0.39, 0.29) is 0 Å². The minimum atomic E-state index is 0.786. The second kappa shape index (κ2) is 6.92. The van der Waals surface area contributed by atoms with Gasteiger partial charge in [-0.1, -0.05) is 22.0 Å². The Labute approximate surface area is 116 Å². The average molecular weight is 311 g/mol. The van der Waals surface area contributed by atoms with Gasteiger partial charge in [-0.25, -0.2) is 0 Å². The lowest BCUT2D eigenvalue weighted by Crippen LogP contribution is -2.23. The first-order valence-corrected chi connectivity index (χ1v) is 7.14. The quantitative estimate of drug-likeness (QED) is 0.796. The molecule has 1 N–H and O–H groups in total. The third-order valence-corrected chi connectivity index (χ3v) is 3.61. The molecular weight excluding hydrogens is 292 g/mol. The zero-order chi connectivity index (χ0) is 12.8. The van der Waals surface area contributed by atoms with Gasteiger partial charge in [0, 0.05) is 47.8 Å². The van der Waals surface area contributed by atoms with Gasteiger partial charge in [0.05, 0.1) is 6.61 Å². The number of nitrogens with one attached hydrogen (secondary N) is 1. The topological polar surface area (TPSA) is 26.2 Å². The summed E-state index contributed by atoms with van der Waals surface area (Å²) in [5, 5.41) is 4.65. The van der Waals surface area contributed by atoms with Gasteiger partial charge in [0.25, 0.3) is 0 Å². The zero-order valence-electron chi connectivity index (χ0n) is 10.7. The largest absolute Gasteiger partial charge is 0.380 e. The number of hydrogen-bond donors (Lipinski definition) is 1. The molecule has 0 aliphatic heterocycles. The minimum absolute atomic E-state index is 0.786. The standard InChI is InChI=1S/C14H19BrN2O/c1-2-18-11-8-16-7-10-17-9-6-12-13(15)4-3-5-14(12)17/h3-6,9,16H,2,7-8,10-11H2,1H3. The Balaban J connectivity index is 1.86. The maximum Gasteiger partial charge on any atom is 0.0590 e. The van der Waals surface area contributed by atoms with Gasteiger partial charge in [-0.15, -0.1) is 0 Å². The smallest absolute Gasteiger partial charge is 0.0590 e. The van der Waals surface area contributed by atoms with Gasteiger partial charge in [-0.2, -0.15) is 0 Å². The van der Waals surface area contributed by atoms with Crippen LogP contribution in [0.2, 0.25) is 0 Å². The van der Waals surface area contributed by atoms with Crippen LogP contribution in [-0.2, 0) is 11.3 Å². The molecule has 4 heteroatoms. The third-order valence-electron chi connectivity index (χ3n) is 2.92. The van der Waals surface area contributed by atoms with E-state index in [0.717, 1.165) is 37.3 Å². The first-order chi connectivity index (χ1) is 8.83. The Morgan fingerprint density at radius 1 is 1.28 bits per heavy atom. The van der Waals surface area contributed by atoms with Crippen molar-refractivity contribution in [2.45, 2.75) is 13.5 Å². The first-order valence-electron chi connectivity index (χ1n) is 6.34. The molecule has 0 unspecified atom stereocenters. The maximum absolute atomic E-state index is 5.28. The van der Waals surface area contributed by atoms with E-state index in [2.05, 4.69) is 56.3 Å². The fourth-order valence-electron chi connectivity index (χ4n) is 1.99. The van der Waals surface area contributed by atoms with E-state index in [1.807, 2.05) is 6.92 Å². The zero-order valence-corrected chi connectivity index (χ0v) is 12.2. The van der Waals surface area contributed by atoms with Crippen molar-refractivity contribution in [3.8, 4) is 0 Å².